The fourth-order valence-corrected chi connectivity index (χ4v) is 6.37. The van der Waals surface area contributed by atoms with E-state index in [0.29, 0.717) is 11.8 Å². The quantitative estimate of drug-likeness (QED) is 0.212. The molecule has 0 amide bonds. The minimum atomic E-state index is -0.188. The van der Waals surface area contributed by atoms with Crippen LogP contribution in [0, 0.1) is 22.0 Å². The van der Waals surface area contributed by atoms with Gasteiger partial charge in [0.05, 0.1) is 10.6 Å². The highest BCUT2D eigenvalue weighted by molar-refractivity contribution is 5.65. The fraction of sp³-hybridized carbons (Fsp3) is 0.633. The number of nitro groups is 1. The van der Waals surface area contributed by atoms with Gasteiger partial charge in [-0.05, 0) is 86.7 Å². The van der Waals surface area contributed by atoms with Gasteiger partial charge in [-0.3, -0.25) is 15.1 Å². The molecule has 184 valence electrons. The Labute approximate surface area is 205 Å². The van der Waals surface area contributed by atoms with Crippen LogP contribution in [0.1, 0.15) is 120 Å². The fourth-order valence-electron chi connectivity index (χ4n) is 6.37. The molecule has 4 rings (SSSR count). The van der Waals surface area contributed by atoms with Gasteiger partial charge in [0.2, 0.25) is 0 Å². The van der Waals surface area contributed by atoms with E-state index in [9.17, 15) is 10.1 Å². The molecule has 0 N–H and O–H groups in total. The van der Waals surface area contributed by atoms with Crippen LogP contribution in [0.2, 0.25) is 0 Å². The van der Waals surface area contributed by atoms with E-state index in [2.05, 4.69) is 26.0 Å². The van der Waals surface area contributed by atoms with E-state index in [-0.39, 0.29) is 10.6 Å². The zero-order chi connectivity index (χ0) is 23.9. The largest absolute Gasteiger partial charge is 0.273 e. The zero-order valence-corrected chi connectivity index (χ0v) is 21.2. The van der Waals surface area contributed by atoms with E-state index in [1.54, 1.807) is 6.07 Å². The molecule has 34 heavy (non-hydrogen) atoms. The second-order valence-corrected chi connectivity index (χ2v) is 10.8. The van der Waals surface area contributed by atoms with Crippen molar-refractivity contribution in [2.75, 3.05) is 0 Å². The van der Waals surface area contributed by atoms with Crippen LogP contribution in [0.3, 0.4) is 0 Å². The summed E-state index contributed by atoms with van der Waals surface area (Å²) in [6.45, 7) is 4.55. The summed E-state index contributed by atoms with van der Waals surface area (Å²) in [5, 5.41) is 12.0. The first-order valence-electron chi connectivity index (χ1n) is 13.8. The van der Waals surface area contributed by atoms with Crippen molar-refractivity contribution in [1.82, 2.24) is 4.98 Å². The van der Waals surface area contributed by atoms with Crippen molar-refractivity contribution in [3.8, 4) is 11.3 Å². The molecule has 0 saturated heterocycles. The van der Waals surface area contributed by atoms with Crippen LogP contribution in [0.15, 0.2) is 36.5 Å². The number of nitrogens with zero attached hydrogens (tertiary/aromatic N) is 2. The van der Waals surface area contributed by atoms with Gasteiger partial charge >= 0.3 is 0 Å². The number of aromatic nitrogens is 1. The summed E-state index contributed by atoms with van der Waals surface area (Å²) < 4.78 is 0. The van der Waals surface area contributed by atoms with Gasteiger partial charge in [-0.15, -0.1) is 0 Å². The van der Waals surface area contributed by atoms with E-state index in [4.69, 9.17) is 4.98 Å². The molecule has 4 nitrogen and oxygen atoms in total. The van der Waals surface area contributed by atoms with E-state index >= 15 is 0 Å². The number of pyridine rings is 1. The molecule has 0 radical (unpaired) electrons. The predicted octanol–water partition coefficient (Wildman–Crippen LogP) is 9.19. The molecule has 2 aromatic rings. The van der Waals surface area contributed by atoms with Crippen LogP contribution in [0.4, 0.5) is 5.69 Å². The summed E-state index contributed by atoms with van der Waals surface area (Å²) in [5.41, 5.74) is 4.20. The van der Waals surface area contributed by atoms with E-state index in [1.165, 1.54) is 76.2 Å². The molecule has 2 fully saturated rings. The van der Waals surface area contributed by atoms with E-state index < -0.39 is 0 Å². The molecule has 4 heteroatoms. The molecule has 2 saturated carbocycles. The minimum Gasteiger partial charge on any atom is -0.258 e. The lowest BCUT2D eigenvalue weighted by Gasteiger charge is -2.28. The van der Waals surface area contributed by atoms with Crippen LogP contribution in [0.25, 0.3) is 11.3 Å². The SMILES string of the molecule is CCCCCC1CCC(c2ccc(-c3ccc(C4CCC(CC)CC4)cn3)cc2[N+](=O)[O-])CC1. The smallest absolute Gasteiger partial charge is 0.258 e. The molecule has 0 atom stereocenters. The van der Waals surface area contributed by atoms with Crippen LogP contribution < -0.4 is 0 Å². The lowest BCUT2D eigenvalue weighted by Crippen LogP contribution is -2.14. The first-order chi connectivity index (χ1) is 16.6. The molecule has 1 aromatic carbocycles. The molecule has 1 aromatic heterocycles. The Balaban J connectivity index is 1.43. The van der Waals surface area contributed by atoms with Crippen molar-refractivity contribution >= 4 is 5.69 Å². The average molecular weight is 463 g/mol. The predicted molar refractivity (Wildman–Crippen MR) is 140 cm³/mol. The molecular weight excluding hydrogens is 420 g/mol. The Bertz CT molecular complexity index is 923. The van der Waals surface area contributed by atoms with Crippen molar-refractivity contribution in [2.24, 2.45) is 11.8 Å². The van der Waals surface area contributed by atoms with Crippen molar-refractivity contribution in [3.05, 3.63) is 57.8 Å². The van der Waals surface area contributed by atoms with Crippen LogP contribution in [0.5, 0.6) is 0 Å². The molecule has 2 aliphatic rings. The topological polar surface area (TPSA) is 56.0 Å². The Kier molecular flexibility index (Phi) is 8.74. The second-order valence-electron chi connectivity index (χ2n) is 10.8. The molecule has 0 unspecified atom stereocenters. The van der Waals surface area contributed by atoms with Crippen molar-refractivity contribution in [2.45, 2.75) is 109 Å². The van der Waals surface area contributed by atoms with Gasteiger partial charge in [-0.1, -0.05) is 64.2 Å². The van der Waals surface area contributed by atoms with E-state index in [1.807, 2.05) is 18.3 Å². The summed E-state index contributed by atoms with van der Waals surface area (Å²) in [4.78, 5) is 16.5. The number of hydrogen-bond acceptors (Lipinski definition) is 3. The molecular formula is C30H42N2O2. The molecule has 0 bridgehead atoms. The monoisotopic (exact) mass is 462 g/mol. The van der Waals surface area contributed by atoms with Gasteiger partial charge in [-0.25, -0.2) is 0 Å². The van der Waals surface area contributed by atoms with Crippen LogP contribution in [-0.4, -0.2) is 9.91 Å². The maximum atomic E-state index is 12.0. The number of hydrogen-bond donors (Lipinski definition) is 0. The molecule has 0 aliphatic heterocycles. The first kappa shape index (κ1) is 24.9. The minimum absolute atomic E-state index is 0.188. The highest BCUT2D eigenvalue weighted by Crippen LogP contribution is 2.42. The summed E-state index contributed by atoms with van der Waals surface area (Å²) in [7, 11) is 0. The summed E-state index contributed by atoms with van der Waals surface area (Å²) >= 11 is 0. The Morgan fingerprint density at radius 2 is 1.59 bits per heavy atom. The van der Waals surface area contributed by atoms with Gasteiger partial charge < -0.3 is 0 Å². The first-order valence-corrected chi connectivity index (χ1v) is 13.8. The third kappa shape index (κ3) is 6.06. The summed E-state index contributed by atoms with van der Waals surface area (Å²) in [6, 6.07) is 10.1. The molecule has 0 spiro atoms. The third-order valence-corrected chi connectivity index (χ3v) is 8.71. The number of rotatable bonds is 9. The van der Waals surface area contributed by atoms with Crippen LogP contribution >= 0.6 is 0 Å². The second kappa shape index (κ2) is 12.0. The van der Waals surface area contributed by atoms with Gasteiger partial charge in [0.15, 0.2) is 0 Å². The molecule has 2 aliphatic carbocycles. The van der Waals surface area contributed by atoms with Crippen LogP contribution in [-0.2, 0) is 0 Å². The van der Waals surface area contributed by atoms with Crippen molar-refractivity contribution < 1.29 is 4.92 Å². The van der Waals surface area contributed by atoms with E-state index in [0.717, 1.165) is 41.5 Å². The summed E-state index contributed by atoms with van der Waals surface area (Å²) in [5.74, 6) is 2.61. The lowest BCUT2D eigenvalue weighted by atomic mass is 9.76. The Morgan fingerprint density at radius 1 is 0.882 bits per heavy atom. The van der Waals surface area contributed by atoms with Gasteiger partial charge in [0.1, 0.15) is 0 Å². The number of unbranched alkanes of at least 4 members (excludes halogenated alkanes) is 2. The third-order valence-electron chi connectivity index (χ3n) is 8.71. The molecule has 1 heterocycles. The zero-order valence-electron chi connectivity index (χ0n) is 21.2. The van der Waals surface area contributed by atoms with Gasteiger partial charge in [-0.2, -0.15) is 0 Å². The highest BCUT2D eigenvalue weighted by atomic mass is 16.6. The van der Waals surface area contributed by atoms with Gasteiger partial charge in [0, 0.05) is 23.4 Å². The maximum Gasteiger partial charge on any atom is 0.273 e. The Morgan fingerprint density at radius 3 is 2.21 bits per heavy atom. The van der Waals surface area contributed by atoms with Crippen molar-refractivity contribution in [3.63, 3.8) is 0 Å². The lowest BCUT2D eigenvalue weighted by molar-refractivity contribution is -0.385. The Hall–Kier alpha value is -2.23. The highest BCUT2D eigenvalue weighted by Gasteiger charge is 2.28. The average Bonchev–Trinajstić information content (AvgIpc) is 2.89. The number of benzene rings is 1. The van der Waals surface area contributed by atoms with Gasteiger partial charge in [0.25, 0.3) is 5.69 Å². The van der Waals surface area contributed by atoms with Crippen molar-refractivity contribution in [1.29, 1.82) is 0 Å². The standard InChI is InChI=1S/C30H42N2O2/c1-3-5-6-7-23-10-14-25(15-11-23)28-18-16-26(20-30(28)32(33)34)29-19-17-27(21-31-29)24-12-8-22(4-2)9-13-24/h16-25H,3-15H2,1-2H3. The number of nitro benzene ring substituents is 1. The maximum absolute atomic E-state index is 12.0. The summed E-state index contributed by atoms with van der Waals surface area (Å²) in [6.07, 6.45) is 18.2. The normalized spacial score (nSPS) is 25.2.